The first-order chi connectivity index (χ1) is 8.58. The average Bonchev–Trinajstić information content (AvgIpc) is 2.84. The molecule has 0 bridgehead atoms. The first-order valence-corrected chi connectivity index (χ1v) is 6.49. The van der Waals surface area contributed by atoms with Crippen molar-refractivity contribution >= 4 is 23.4 Å². The van der Waals surface area contributed by atoms with Crippen LogP contribution in [0.25, 0.3) is 6.08 Å². The molecule has 1 aromatic heterocycles. The Kier molecular flexibility index (Phi) is 3.67. The maximum Gasteiger partial charge on any atom is 0.186 e. The molecule has 0 atom stereocenters. The highest BCUT2D eigenvalue weighted by Gasteiger charge is 2.07. The first kappa shape index (κ1) is 12.6. The minimum absolute atomic E-state index is 0.00333. The lowest BCUT2D eigenvalue weighted by Gasteiger charge is -2.06. The van der Waals surface area contributed by atoms with Gasteiger partial charge in [0.2, 0.25) is 0 Å². The van der Waals surface area contributed by atoms with E-state index in [1.165, 1.54) is 17.1 Å². The van der Waals surface area contributed by atoms with Crippen molar-refractivity contribution in [3.8, 4) is 0 Å². The maximum atomic E-state index is 12.1. The van der Waals surface area contributed by atoms with Gasteiger partial charge in [-0.25, -0.2) is 0 Å². The second-order valence-electron chi connectivity index (χ2n) is 4.28. The Morgan fingerprint density at radius 3 is 2.56 bits per heavy atom. The van der Waals surface area contributed by atoms with Crippen LogP contribution in [0.5, 0.6) is 0 Å². The first-order valence-electron chi connectivity index (χ1n) is 5.65. The van der Waals surface area contributed by atoms with Crippen LogP contribution in [0.15, 0.2) is 23.6 Å². The van der Waals surface area contributed by atoms with Crippen molar-refractivity contribution in [2.45, 2.75) is 20.8 Å². The summed E-state index contributed by atoms with van der Waals surface area (Å²) in [6, 6.07) is 3.98. The molecular weight excluding hydrogens is 244 g/mol. The number of carbonyl (C=O) groups is 1. The van der Waals surface area contributed by atoms with E-state index < -0.39 is 0 Å². The van der Waals surface area contributed by atoms with Gasteiger partial charge < -0.3 is 0 Å². The van der Waals surface area contributed by atoms with Gasteiger partial charge in [0.05, 0.1) is 5.69 Å². The molecule has 0 amide bonds. The fraction of sp³-hybridized carbons (Fsp3) is 0.214. The van der Waals surface area contributed by atoms with Crippen molar-refractivity contribution < 1.29 is 4.79 Å². The van der Waals surface area contributed by atoms with E-state index in [9.17, 15) is 4.79 Å². The summed E-state index contributed by atoms with van der Waals surface area (Å²) in [7, 11) is 0. The van der Waals surface area contributed by atoms with E-state index in [1.807, 2.05) is 32.9 Å². The van der Waals surface area contributed by atoms with Crippen LogP contribution >= 0.6 is 11.5 Å². The van der Waals surface area contributed by atoms with Crippen LogP contribution in [0, 0.1) is 20.8 Å². The lowest BCUT2D eigenvalue weighted by atomic mass is 9.98. The number of carbonyl (C=O) groups excluding carboxylic acids is 1. The van der Waals surface area contributed by atoms with Crippen LogP contribution < -0.4 is 0 Å². The Bertz CT molecular complexity index is 601. The number of ketones is 1. The van der Waals surface area contributed by atoms with Crippen LogP contribution in [-0.4, -0.2) is 15.4 Å². The van der Waals surface area contributed by atoms with Crippen LogP contribution in [0.4, 0.5) is 0 Å². The number of aryl methyl sites for hydroxylation is 3. The van der Waals surface area contributed by atoms with Gasteiger partial charge in [0.25, 0.3) is 0 Å². The Hall–Kier alpha value is -1.81. The molecule has 0 aliphatic rings. The number of allylic oxidation sites excluding steroid dienone is 1. The molecule has 1 heterocycles. The fourth-order valence-electron chi connectivity index (χ4n) is 1.72. The highest BCUT2D eigenvalue weighted by atomic mass is 32.1. The van der Waals surface area contributed by atoms with Crippen molar-refractivity contribution in [1.29, 1.82) is 0 Å². The average molecular weight is 258 g/mol. The predicted octanol–water partition coefficient (Wildman–Crippen LogP) is 3.36. The van der Waals surface area contributed by atoms with Gasteiger partial charge in [-0.05, 0) is 67.2 Å². The van der Waals surface area contributed by atoms with Gasteiger partial charge in [-0.15, -0.1) is 5.10 Å². The van der Waals surface area contributed by atoms with E-state index in [0.717, 1.165) is 22.4 Å². The van der Waals surface area contributed by atoms with Crippen LogP contribution in [0.1, 0.15) is 32.7 Å². The summed E-state index contributed by atoms with van der Waals surface area (Å²) < 4.78 is 3.75. The van der Waals surface area contributed by atoms with Gasteiger partial charge in [0.1, 0.15) is 0 Å². The summed E-state index contributed by atoms with van der Waals surface area (Å²) in [5.41, 5.74) is 4.81. The number of hydrogen-bond acceptors (Lipinski definition) is 4. The quantitative estimate of drug-likeness (QED) is 0.626. The van der Waals surface area contributed by atoms with Gasteiger partial charge >= 0.3 is 0 Å². The third kappa shape index (κ3) is 2.71. The monoisotopic (exact) mass is 258 g/mol. The lowest BCUT2D eigenvalue weighted by Crippen LogP contribution is -2.00. The third-order valence-corrected chi connectivity index (χ3v) is 3.41. The summed E-state index contributed by atoms with van der Waals surface area (Å²) in [6.45, 7) is 6.02. The molecule has 1 aromatic carbocycles. The van der Waals surface area contributed by atoms with Crippen molar-refractivity contribution in [3.05, 3.63) is 51.5 Å². The molecule has 92 valence electrons. The van der Waals surface area contributed by atoms with Crippen LogP contribution in [0.2, 0.25) is 0 Å². The van der Waals surface area contributed by atoms with E-state index in [2.05, 4.69) is 9.59 Å². The van der Waals surface area contributed by atoms with E-state index in [4.69, 9.17) is 0 Å². The van der Waals surface area contributed by atoms with Gasteiger partial charge in [-0.2, -0.15) is 0 Å². The Morgan fingerprint density at radius 1 is 1.17 bits per heavy atom. The minimum atomic E-state index is 0.00333. The molecule has 0 aliphatic heterocycles. The zero-order valence-corrected chi connectivity index (χ0v) is 11.4. The van der Waals surface area contributed by atoms with E-state index in [1.54, 1.807) is 17.5 Å². The number of nitrogens with zero attached hydrogens (tertiary/aromatic N) is 2. The van der Waals surface area contributed by atoms with Gasteiger partial charge in [-0.1, -0.05) is 10.6 Å². The zero-order chi connectivity index (χ0) is 13.1. The summed E-state index contributed by atoms with van der Waals surface area (Å²) in [6.07, 6.45) is 3.24. The molecule has 0 unspecified atom stereocenters. The smallest absolute Gasteiger partial charge is 0.186 e. The summed E-state index contributed by atoms with van der Waals surface area (Å²) in [5.74, 6) is 0.00333. The summed E-state index contributed by atoms with van der Waals surface area (Å²) in [5, 5.41) is 5.67. The molecule has 0 aliphatic carbocycles. The molecule has 2 rings (SSSR count). The SMILES string of the molecule is Cc1cc(C)c(C(=O)C=Cc2csnn2)cc1C. The number of benzene rings is 1. The number of hydrogen-bond donors (Lipinski definition) is 0. The van der Waals surface area contributed by atoms with Gasteiger partial charge in [-0.3, -0.25) is 4.79 Å². The third-order valence-electron chi connectivity index (χ3n) is 2.89. The fourth-order valence-corrected chi connectivity index (χ4v) is 2.14. The predicted molar refractivity (Wildman–Crippen MR) is 73.9 cm³/mol. The molecule has 3 nitrogen and oxygen atoms in total. The van der Waals surface area contributed by atoms with Gasteiger partial charge in [0.15, 0.2) is 5.78 Å². The Morgan fingerprint density at radius 2 is 1.89 bits per heavy atom. The van der Waals surface area contributed by atoms with Crippen molar-refractivity contribution in [2.24, 2.45) is 0 Å². The highest BCUT2D eigenvalue weighted by molar-refractivity contribution is 7.03. The zero-order valence-electron chi connectivity index (χ0n) is 10.6. The molecule has 0 spiro atoms. The van der Waals surface area contributed by atoms with Crippen molar-refractivity contribution in [3.63, 3.8) is 0 Å². The second kappa shape index (κ2) is 5.23. The normalized spacial score (nSPS) is 11.1. The standard InChI is InChI=1S/C14H14N2OS/c1-9-6-11(3)13(7-10(9)2)14(17)5-4-12-8-18-16-15-12/h4-8H,1-3H3. The highest BCUT2D eigenvalue weighted by Crippen LogP contribution is 2.16. The molecule has 4 heteroatoms. The summed E-state index contributed by atoms with van der Waals surface area (Å²) >= 11 is 1.27. The second-order valence-corrected chi connectivity index (χ2v) is 4.89. The molecule has 0 saturated heterocycles. The van der Waals surface area contributed by atoms with E-state index in [-0.39, 0.29) is 5.78 Å². The molecule has 18 heavy (non-hydrogen) atoms. The molecule has 0 fully saturated rings. The van der Waals surface area contributed by atoms with E-state index in [0.29, 0.717) is 0 Å². The van der Waals surface area contributed by atoms with Gasteiger partial charge in [0, 0.05) is 10.9 Å². The molecular formula is C14H14N2OS. The van der Waals surface area contributed by atoms with E-state index >= 15 is 0 Å². The Balaban J connectivity index is 2.27. The molecule has 0 saturated carbocycles. The maximum absolute atomic E-state index is 12.1. The summed E-state index contributed by atoms with van der Waals surface area (Å²) in [4.78, 5) is 12.1. The minimum Gasteiger partial charge on any atom is -0.289 e. The largest absolute Gasteiger partial charge is 0.289 e. The molecule has 2 aromatic rings. The lowest BCUT2D eigenvalue weighted by molar-refractivity contribution is 0.104. The Labute approximate surface area is 110 Å². The van der Waals surface area contributed by atoms with Crippen molar-refractivity contribution in [2.75, 3.05) is 0 Å². The molecule has 0 radical (unpaired) electrons. The number of rotatable bonds is 3. The van der Waals surface area contributed by atoms with Crippen LogP contribution in [0.3, 0.4) is 0 Å². The van der Waals surface area contributed by atoms with Crippen LogP contribution in [-0.2, 0) is 0 Å². The number of aromatic nitrogens is 2. The van der Waals surface area contributed by atoms with Crippen molar-refractivity contribution in [1.82, 2.24) is 9.59 Å². The molecule has 0 N–H and O–H groups in total. The topological polar surface area (TPSA) is 42.9 Å².